The molecule has 1 saturated heterocycles. The van der Waals surface area contributed by atoms with Crippen LogP contribution < -0.4 is 0 Å². The van der Waals surface area contributed by atoms with E-state index in [1.54, 1.807) is 12.1 Å². The molecule has 1 aliphatic heterocycles. The first-order chi connectivity index (χ1) is 8.91. The maximum atomic E-state index is 12.9. The molecule has 5 unspecified atom stereocenters. The van der Waals surface area contributed by atoms with Gasteiger partial charge in [0.25, 0.3) is 0 Å². The van der Waals surface area contributed by atoms with Gasteiger partial charge in [0, 0.05) is 0 Å². The van der Waals surface area contributed by atoms with Crippen molar-refractivity contribution in [3.63, 3.8) is 0 Å². The second-order valence-corrected chi connectivity index (χ2v) is 5.68. The van der Waals surface area contributed by atoms with E-state index in [9.17, 15) is 9.18 Å². The minimum atomic E-state index is -0.746. The lowest BCUT2D eigenvalue weighted by Crippen LogP contribution is -2.29. The Bertz CT molecular complexity index is 460. The van der Waals surface area contributed by atoms with Crippen LogP contribution in [0, 0.1) is 17.7 Å². The molecule has 0 spiro atoms. The molecule has 5 atom stereocenters. The third kappa shape index (κ3) is 2.82. The smallest absolute Gasteiger partial charge is 0.161 e. The van der Waals surface area contributed by atoms with Gasteiger partial charge in [-0.2, -0.15) is 0 Å². The molecule has 0 aliphatic carbocycles. The van der Waals surface area contributed by atoms with Gasteiger partial charge in [0.05, 0.1) is 18.1 Å². The maximum absolute atomic E-state index is 12.9. The van der Waals surface area contributed by atoms with Crippen LogP contribution >= 0.6 is 11.6 Å². The van der Waals surface area contributed by atoms with Gasteiger partial charge in [0.15, 0.2) is 5.78 Å². The predicted octanol–water partition coefficient (Wildman–Crippen LogP) is 3.73. The molecule has 1 aliphatic rings. The Kier molecular flexibility index (Phi) is 4.26. The third-order valence-electron chi connectivity index (χ3n) is 3.98. The van der Waals surface area contributed by atoms with Crippen molar-refractivity contribution in [1.82, 2.24) is 0 Å². The number of carbonyl (C=O) groups is 1. The highest BCUT2D eigenvalue weighted by molar-refractivity contribution is 6.31. The fourth-order valence-corrected chi connectivity index (χ4v) is 3.01. The molecule has 0 bridgehead atoms. The summed E-state index contributed by atoms with van der Waals surface area (Å²) in [7, 11) is 0. The van der Waals surface area contributed by atoms with Crippen molar-refractivity contribution >= 4 is 17.4 Å². The van der Waals surface area contributed by atoms with Crippen LogP contribution in [0.5, 0.6) is 0 Å². The molecule has 0 N–H and O–H groups in total. The highest BCUT2D eigenvalue weighted by Crippen LogP contribution is 2.37. The number of rotatable bonds is 3. The number of hydrogen-bond acceptors (Lipinski definition) is 2. The summed E-state index contributed by atoms with van der Waals surface area (Å²) in [6.45, 7) is 5.87. The Balaban J connectivity index is 2.17. The Morgan fingerprint density at radius 3 is 2.26 bits per heavy atom. The fraction of sp³-hybridized carbons (Fsp3) is 0.533. The number of Topliss-reactive ketones (excluding diaryl/α,β-unsaturated/α-hetero) is 1. The molecule has 4 heteroatoms. The summed E-state index contributed by atoms with van der Waals surface area (Å²) < 4.78 is 18.6. The van der Waals surface area contributed by atoms with Crippen molar-refractivity contribution in [2.75, 3.05) is 0 Å². The standard InChI is InChI=1S/C15H18ClFO2/c1-8-9(2)19-10(3)13(8)15(18)14(16)11-4-6-12(17)7-5-11/h4-10,13-14H,1-3H3. The van der Waals surface area contributed by atoms with Crippen LogP contribution in [0.3, 0.4) is 0 Å². The van der Waals surface area contributed by atoms with Crippen LogP contribution in [0.15, 0.2) is 24.3 Å². The van der Waals surface area contributed by atoms with E-state index in [1.807, 2.05) is 20.8 Å². The molecule has 19 heavy (non-hydrogen) atoms. The number of halogens is 2. The van der Waals surface area contributed by atoms with Crippen LogP contribution in [-0.4, -0.2) is 18.0 Å². The second kappa shape index (κ2) is 5.59. The van der Waals surface area contributed by atoms with Crippen molar-refractivity contribution in [3.05, 3.63) is 35.6 Å². The summed E-state index contributed by atoms with van der Waals surface area (Å²) in [5.74, 6) is -0.441. The molecule has 2 rings (SSSR count). The average Bonchev–Trinajstić information content (AvgIpc) is 2.62. The first kappa shape index (κ1) is 14.5. The highest BCUT2D eigenvalue weighted by Gasteiger charge is 2.43. The van der Waals surface area contributed by atoms with Crippen molar-refractivity contribution in [3.8, 4) is 0 Å². The van der Waals surface area contributed by atoms with Crippen molar-refractivity contribution in [2.45, 2.75) is 38.4 Å². The molecule has 0 aromatic heterocycles. The van der Waals surface area contributed by atoms with Crippen LogP contribution in [0.2, 0.25) is 0 Å². The van der Waals surface area contributed by atoms with Crippen LogP contribution in [0.4, 0.5) is 4.39 Å². The molecule has 1 aromatic carbocycles. The predicted molar refractivity (Wildman–Crippen MR) is 72.7 cm³/mol. The summed E-state index contributed by atoms with van der Waals surface area (Å²) in [5.41, 5.74) is 0.631. The van der Waals surface area contributed by atoms with Gasteiger partial charge in [-0.15, -0.1) is 11.6 Å². The van der Waals surface area contributed by atoms with Crippen LogP contribution in [-0.2, 0) is 9.53 Å². The van der Waals surface area contributed by atoms with Gasteiger partial charge >= 0.3 is 0 Å². The maximum Gasteiger partial charge on any atom is 0.161 e. The summed E-state index contributed by atoms with van der Waals surface area (Å²) in [5, 5.41) is -0.746. The first-order valence-electron chi connectivity index (χ1n) is 6.50. The Labute approximate surface area is 117 Å². The highest BCUT2D eigenvalue weighted by atomic mass is 35.5. The van der Waals surface area contributed by atoms with Crippen LogP contribution in [0.25, 0.3) is 0 Å². The zero-order valence-corrected chi connectivity index (χ0v) is 12.0. The number of hydrogen-bond donors (Lipinski definition) is 0. The summed E-state index contributed by atoms with van der Waals surface area (Å²) >= 11 is 6.24. The minimum Gasteiger partial charge on any atom is -0.375 e. The lowest BCUT2D eigenvalue weighted by atomic mass is 9.83. The summed E-state index contributed by atoms with van der Waals surface area (Å²) in [4.78, 5) is 12.5. The van der Waals surface area contributed by atoms with Gasteiger partial charge < -0.3 is 4.74 Å². The fourth-order valence-electron chi connectivity index (χ4n) is 2.72. The van der Waals surface area contributed by atoms with Gasteiger partial charge in [-0.05, 0) is 37.5 Å². The van der Waals surface area contributed by atoms with E-state index < -0.39 is 5.38 Å². The molecular weight excluding hydrogens is 267 g/mol. The van der Waals surface area contributed by atoms with E-state index in [0.717, 1.165) is 0 Å². The van der Waals surface area contributed by atoms with E-state index in [1.165, 1.54) is 12.1 Å². The Morgan fingerprint density at radius 2 is 1.79 bits per heavy atom. The number of carbonyl (C=O) groups excluding carboxylic acids is 1. The molecule has 1 fully saturated rings. The molecule has 0 saturated carbocycles. The molecule has 1 heterocycles. The lowest BCUT2D eigenvalue weighted by Gasteiger charge is -2.20. The Hall–Kier alpha value is -0.930. The van der Waals surface area contributed by atoms with E-state index >= 15 is 0 Å². The van der Waals surface area contributed by atoms with E-state index in [-0.39, 0.29) is 35.6 Å². The molecule has 1 aromatic rings. The summed E-state index contributed by atoms with van der Waals surface area (Å²) in [6.07, 6.45) is -0.0692. The van der Waals surface area contributed by atoms with Gasteiger partial charge in [0.2, 0.25) is 0 Å². The zero-order valence-electron chi connectivity index (χ0n) is 11.3. The second-order valence-electron chi connectivity index (χ2n) is 5.25. The topological polar surface area (TPSA) is 26.3 Å². The van der Waals surface area contributed by atoms with Gasteiger partial charge in [-0.3, -0.25) is 4.79 Å². The van der Waals surface area contributed by atoms with Gasteiger partial charge in [-0.25, -0.2) is 4.39 Å². The molecule has 2 nitrogen and oxygen atoms in total. The number of benzene rings is 1. The van der Waals surface area contributed by atoms with E-state index in [4.69, 9.17) is 16.3 Å². The monoisotopic (exact) mass is 284 g/mol. The number of ether oxygens (including phenoxy) is 1. The van der Waals surface area contributed by atoms with Crippen molar-refractivity contribution < 1.29 is 13.9 Å². The normalized spacial score (nSPS) is 32.3. The largest absolute Gasteiger partial charge is 0.375 e. The Morgan fingerprint density at radius 1 is 1.21 bits per heavy atom. The molecule has 0 radical (unpaired) electrons. The summed E-state index contributed by atoms with van der Waals surface area (Å²) in [6, 6.07) is 5.75. The first-order valence-corrected chi connectivity index (χ1v) is 6.94. The van der Waals surface area contributed by atoms with Crippen molar-refractivity contribution in [2.24, 2.45) is 11.8 Å². The van der Waals surface area contributed by atoms with Gasteiger partial charge in [-0.1, -0.05) is 19.1 Å². The van der Waals surface area contributed by atoms with Crippen LogP contribution in [0.1, 0.15) is 31.7 Å². The third-order valence-corrected chi connectivity index (χ3v) is 4.45. The molecule has 104 valence electrons. The zero-order chi connectivity index (χ0) is 14.2. The lowest BCUT2D eigenvalue weighted by molar-refractivity contribution is -0.124. The molecular formula is C15H18ClFO2. The van der Waals surface area contributed by atoms with Gasteiger partial charge in [0.1, 0.15) is 11.2 Å². The number of ketones is 1. The van der Waals surface area contributed by atoms with Crippen molar-refractivity contribution in [1.29, 1.82) is 0 Å². The quantitative estimate of drug-likeness (QED) is 0.791. The van der Waals surface area contributed by atoms with E-state index in [2.05, 4.69) is 0 Å². The minimum absolute atomic E-state index is 0.0439. The van der Waals surface area contributed by atoms with E-state index in [0.29, 0.717) is 5.56 Å². The average molecular weight is 285 g/mol. The SMILES string of the molecule is CC1OC(C)C(C(=O)C(Cl)c2ccc(F)cc2)C1C. The number of alkyl halides is 1. The molecule has 0 amide bonds.